The van der Waals surface area contributed by atoms with Crippen LogP contribution in [0.5, 0.6) is 0 Å². The second kappa shape index (κ2) is 3.75. The first kappa shape index (κ1) is 7.78. The van der Waals surface area contributed by atoms with Crippen LogP contribution in [0, 0.1) is 0 Å². The molecule has 1 rings (SSSR count). The zero-order chi connectivity index (χ0) is 8.10. The number of rotatable bonds is 2. The van der Waals surface area contributed by atoms with E-state index in [1.807, 2.05) is 0 Å². The van der Waals surface area contributed by atoms with E-state index in [9.17, 15) is 8.78 Å². The minimum absolute atomic E-state index is 0.116. The molecule has 0 amide bonds. The average Bonchev–Trinajstić information content (AvgIpc) is 2.14. The highest BCUT2D eigenvalue weighted by molar-refractivity contribution is 5.20. The average molecular weight is 159 g/mol. The van der Waals surface area contributed by atoms with Crippen LogP contribution in [0.4, 0.5) is 8.78 Å². The fraction of sp³-hybridized carbons (Fsp3) is 0.143. The Morgan fingerprint density at radius 2 is 2.18 bits per heavy atom. The molecule has 1 aliphatic rings. The Bertz CT molecular complexity index is 208. The van der Waals surface area contributed by atoms with Crippen molar-refractivity contribution in [3.05, 3.63) is 36.4 Å². The van der Waals surface area contributed by atoms with Crippen LogP contribution in [0.2, 0.25) is 0 Å². The van der Waals surface area contributed by atoms with Crippen LogP contribution in [0.15, 0.2) is 36.4 Å². The molecule has 0 atom stereocenters. The van der Waals surface area contributed by atoms with Crippen LogP contribution in [0.1, 0.15) is 0 Å². The van der Waals surface area contributed by atoms with E-state index in [-0.39, 0.29) is 5.76 Å². The molecule has 0 radical (unpaired) electrons. The Labute approximate surface area is 62.8 Å². The minimum Gasteiger partial charge on any atom is -0.433 e. The molecule has 1 aliphatic heterocycles. The van der Waals surface area contributed by atoms with Crippen LogP contribution in [-0.2, 0) is 4.74 Å². The summed E-state index contributed by atoms with van der Waals surface area (Å²) >= 11 is 0. The zero-order valence-corrected chi connectivity index (χ0v) is 5.63. The second-order valence-electron chi connectivity index (χ2n) is 1.81. The Morgan fingerprint density at radius 3 is 2.91 bits per heavy atom. The van der Waals surface area contributed by atoms with Crippen molar-refractivity contribution in [1.29, 1.82) is 0 Å². The van der Waals surface area contributed by atoms with Crippen LogP contribution in [0.3, 0.4) is 0 Å². The second-order valence-corrected chi connectivity index (χ2v) is 1.81. The number of ether oxygens (including phenoxy) is 1. The SMILES string of the molecule is FC(F)OC1=CNC=CC=C1. The Balaban J connectivity index is 2.51. The fourth-order valence-corrected chi connectivity index (χ4v) is 0.616. The lowest BCUT2D eigenvalue weighted by atomic mass is 10.4. The van der Waals surface area contributed by atoms with E-state index in [0.29, 0.717) is 0 Å². The largest absolute Gasteiger partial charge is 0.433 e. The van der Waals surface area contributed by atoms with Crippen molar-refractivity contribution in [2.45, 2.75) is 6.61 Å². The summed E-state index contributed by atoms with van der Waals surface area (Å²) in [6, 6.07) is 0. The Hall–Kier alpha value is -1.32. The van der Waals surface area contributed by atoms with Crippen molar-refractivity contribution in [1.82, 2.24) is 5.32 Å². The Kier molecular flexibility index (Phi) is 2.66. The van der Waals surface area contributed by atoms with Gasteiger partial charge in [-0.2, -0.15) is 8.78 Å². The molecule has 0 aromatic carbocycles. The van der Waals surface area contributed by atoms with Gasteiger partial charge in [0, 0.05) is 12.4 Å². The molecule has 0 unspecified atom stereocenters. The number of hydrogen-bond donors (Lipinski definition) is 1. The van der Waals surface area contributed by atoms with Gasteiger partial charge in [-0.05, 0) is 12.2 Å². The maximum absolute atomic E-state index is 11.6. The first-order chi connectivity index (χ1) is 5.29. The number of halogens is 2. The van der Waals surface area contributed by atoms with E-state index < -0.39 is 6.61 Å². The van der Waals surface area contributed by atoms with Crippen LogP contribution < -0.4 is 5.32 Å². The normalized spacial score (nSPS) is 15.7. The van der Waals surface area contributed by atoms with E-state index in [1.54, 1.807) is 18.4 Å². The molecule has 11 heavy (non-hydrogen) atoms. The number of nitrogens with one attached hydrogen (secondary N) is 1. The molecule has 2 nitrogen and oxygen atoms in total. The van der Waals surface area contributed by atoms with Gasteiger partial charge in [-0.1, -0.05) is 6.08 Å². The molecular weight excluding hydrogens is 152 g/mol. The monoisotopic (exact) mass is 159 g/mol. The third-order valence-corrected chi connectivity index (χ3v) is 1.01. The van der Waals surface area contributed by atoms with Gasteiger partial charge in [0.1, 0.15) is 5.76 Å². The predicted octanol–water partition coefficient (Wildman–Crippen LogP) is 1.74. The highest BCUT2D eigenvalue weighted by Crippen LogP contribution is 2.07. The van der Waals surface area contributed by atoms with E-state index in [2.05, 4.69) is 10.1 Å². The predicted molar refractivity (Wildman–Crippen MR) is 36.6 cm³/mol. The summed E-state index contributed by atoms with van der Waals surface area (Å²) < 4.78 is 27.3. The van der Waals surface area contributed by atoms with Gasteiger partial charge in [0.15, 0.2) is 0 Å². The van der Waals surface area contributed by atoms with Gasteiger partial charge in [-0.3, -0.25) is 0 Å². The highest BCUT2D eigenvalue weighted by atomic mass is 19.3. The molecule has 0 aromatic rings. The highest BCUT2D eigenvalue weighted by Gasteiger charge is 2.03. The van der Waals surface area contributed by atoms with Gasteiger partial charge in [-0.15, -0.1) is 0 Å². The molecule has 0 bridgehead atoms. The topological polar surface area (TPSA) is 21.3 Å². The van der Waals surface area contributed by atoms with Crippen LogP contribution in [0.25, 0.3) is 0 Å². The van der Waals surface area contributed by atoms with Gasteiger partial charge >= 0.3 is 6.61 Å². The summed E-state index contributed by atoms with van der Waals surface area (Å²) in [5.41, 5.74) is 0. The van der Waals surface area contributed by atoms with E-state index in [4.69, 9.17) is 0 Å². The fourth-order valence-electron chi connectivity index (χ4n) is 0.616. The molecule has 0 saturated heterocycles. The standard InChI is InChI=1S/C7H7F2NO/c8-7(9)11-6-3-1-2-4-10-5-6/h1-5,7,10H. The van der Waals surface area contributed by atoms with E-state index >= 15 is 0 Å². The van der Waals surface area contributed by atoms with E-state index in [0.717, 1.165) is 0 Å². The summed E-state index contributed by atoms with van der Waals surface area (Å²) in [6.07, 6.45) is 7.69. The maximum atomic E-state index is 11.6. The molecule has 0 aromatic heterocycles. The molecule has 1 N–H and O–H groups in total. The lowest BCUT2D eigenvalue weighted by Gasteiger charge is -2.02. The molecule has 0 aliphatic carbocycles. The molecule has 0 spiro atoms. The van der Waals surface area contributed by atoms with Crippen molar-refractivity contribution in [2.24, 2.45) is 0 Å². The van der Waals surface area contributed by atoms with Crippen LogP contribution >= 0.6 is 0 Å². The van der Waals surface area contributed by atoms with Gasteiger partial charge in [0.2, 0.25) is 0 Å². The molecule has 60 valence electrons. The zero-order valence-electron chi connectivity index (χ0n) is 5.63. The third kappa shape index (κ3) is 2.84. The van der Waals surface area contributed by atoms with Gasteiger partial charge in [0.25, 0.3) is 0 Å². The summed E-state index contributed by atoms with van der Waals surface area (Å²) in [7, 11) is 0. The van der Waals surface area contributed by atoms with Gasteiger partial charge < -0.3 is 10.1 Å². The lowest BCUT2D eigenvalue weighted by Crippen LogP contribution is -2.00. The molecule has 0 fully saturated rings. The first-order valence-electron chi connectivity index (χ1n) is 3.03. The quantitative estimate of drug-likeness (QED) is 0.662. The van der Waals surface area contributed by atoms with Gasteiger partial charge in [-0.25, -0.2) is 0 Å². The summed E-state index contributed by atoms with van der Waals surface area (Å²) in [4.78, 5) is 0. The summed E-state index contributed by atoms with van der Waals surface area (Å²) in [6.45, 7) is -2.77. The lowest BCUT2D eigenvalue weighted by molar-refractivity contribution is -0.0923. The Morgan fingerprint density at radius 1 is 1.36 bits per heavy atom. The molecule has 4 heteroatoms. The van der Waals surface area contributed by atoms with Gasteiger partial charge in [0.05, 0.1) is 0 Å². The number of allylic oxidation sites excluding steroid dienone is 3. The van der Waals surface area contributed by atoms with Crippen LogP contribution in [-0.4, -0.2) is 6.61 Å². The van der Waals surface area contributed by atoms with E-state index in [1.165, 1.54) is 12.3 Å². The van der Waals surface area contributed by atoms with Crippen molar-refractivity contribution >= 4 is 0 Å². The molecular formula is C7H7F2NO. The summed E-state index contributed by atoms with van der Waals surface area (Å²) in [5.74, 6) is 0.116. The molecule has 0 saturated carbocycles. The molecule has 1 heterocycles. The van der Waals surface area contributed by atoms with Crippen molar-refractivity contribution in [3.63, 3.8) is 0 Å². The van der Waals surface area contributed by atoms with Crippen molar-refractivity contribution in [3.8, 4) is 0 Å². The minimum atomic E-state index is -2.77. The van der Waals surface area contributed by atoms with Crippen molar-refractivity contribution in [2.75, 3.05) is 0 Å². The maximum Gasteiger partial charge on any atom is 0.387 e. The smallest absolute Gasteiger partial charge is 0.387 e. The first-order valence-corrected chi connectivity index (χ1v) is 3.03. The number of hydrogen-bond acceptors (Lipinski definition) is 2. The number of alkyl halides is 2. The third-order valence-electron chi connectivity index (χ3n) is 1.01. The summed E-state index contributed by atoms with van der Waals surface area (Å²) in [5, 5.41) is 2.64. The van der Waals surface area contributed by atoms with Crippen molar-refractivity contribution < 1.29 is 13.5 Å².